The molecule has 1 heterocycles. The first-order chi connectivity index (χ1) is 20.3. The lowest BCUT2D eigenvalue weighted by Gasteiger charge is -2.24. The van der Waals surface area contributed by atoms with E-state index in [0.29, 0.717) is 5.56 Å². The number of nitrogens with one attached hydrogen (secondary N) is 4. The Morgan fingerprint density at radius 3 is 2.09 bits per heavy atom. The van der Waals surface area contributed by atoms with E-state index in [4.69, 9.17) is 22.3 Å². The predicted octanol–water partition coefficient (Wildman–Crippen LogP) is -2.03. The number of hydrogen-bond acceptors (Lipinski definition) is 8. The van der Waals surface area contributed by atoms with Gasteiger partial charge in [0.1, 0.15) is 18.1 Å². The molecule has 0 fully saturated rings. The molecule has 3 amide bonds. The highest BCUT2D eigenvalue weighted by Crippen LogP contribution is 2.19. The number of H-pyrrole nitrogens is 1. The normalized spacial score (nSPS) is 13.6. The lowest BCUT2D eigenvalue weighted by molar-refractivity contribution is -0.143. The maximum Gasteiger partial charge on any atom is 0.326 e. The number of aliphatic carboxylic acids is 3. The zero-order valence-electron chi connectivity index (χ0n) is 23.1. The van der Waals surface area contributed by atoms with Gasteiger partial charge in [0.15, 0.2) is 5.96 Å². The highest BCUT2D eigenvalue weighted by molar-refractivity contribution is 5.96. The van der Waals surface area contributed by atoms with Gasteiger partial charge in [-0.1, -0.05) is 18.2 Å². The monoisotopic (exact) mass is 604 g/mol. The van der Waals surface area contributed by atoms with Crippen molar-refractivity contribution in [3.05, 3.63) is 36.0 Å². The fourth-order valence-electron chi connectivity index (χ4n) is 4.11. The van der Waals surface area contributed by atoms with Crippen molar-refractivity contribution >= 4 is 52.5 Å². The minimum atomic E-state index is -1.69. The molecule has 17 nitrogen and oxygen atoms in total. The zero-order chi connectivity index (χ0) is 32.1. The third-order valence-corrected chi connectivity index (χ3v) is 6.31. The van der Waals surface area contributed by atoms with Crippen LogP contribution in [0.5, 0.6) is 0 Å². The maximum absolute atomic E-state index is 13.4. The van der Waals surface area contributed by atoms with E-state index in [1.807, 2.05) is 0 Å². The number of fused-ring (bicyclic) bond motifs is 1. The Bertz CT molecular complexity index is 1360. The van der Waals surface area contributed by atoms with E-state index >= 15 is 0 Å². The molecule has 1 aromatic carbocycles. The van der Waals surface area contributed by atoms with Crippen LogP contribution in [0.3, 0.4) is 0 Å². The summed E-state index contributed by atoms with van der Waals surface area (Å²) in [6.45, 7) is 0.114. The summed E-state index contributed by atoms with van der Waals surface area (Å²) < 4.78 is 0. The minimum absolute atomic E-state index is 0.0441. The molecule has 0 aliphatic carbocycles. The van der Waals surface area contributed by atoms with Crippen molar-refractivity contribution < 1.29 is 44.1 Å². The first-order valence-corrected chi connectivity index (χ1v) is 13.2. The number of aromatic nitrogens is 1. The van der Waals surface area contributed by atoms with Crippen LogP contribution in [0, 0.1) is 0 Å². The van der Waals surface area contributed by atoms with Gasteiger partial charge in [-0.25, -0.2) is 4.79 Å². The predicted molar refractivity (Wildman–Crippen MR) is 152 cm³/mol. The van der Waals surface area contributed by atoms with Gasteiger partial charge >= 0.3 is 17.9 Å². The molecule has 0 radical (unpaired) electrons. The van der Waals surface area contributed by atoms with Crippen LogP contribution in [0.25, 0.3) is 10.9 Å². The SMILES string of the molecule is NC(N)=NCCCC(NC(=O)C(Cc1c[nH]c2ccccc12)NC(=O)C(CC(=O)O)NC(=O)C(N)CCC(=O)O)C(=O)O. The van der Waals surface area contributed by atoms with Crippen molar-refractivity contribution in [2.45, 2.75) is 62.7 Å². The van der Waals surface area contributed by atoms with Crippen molar-refractivity contribution in [3.63, 3.8) is 0 Å². The topological polar surface area (TPSA) is 305 Å². The molecule has 0 saturated carbocycles. The number of amides is 3. The summed E-state index contributed by atoms with van der Waals surface area (Å²) in [7, 11) is 0. The molecule has 2 aromatic rings. The molecule has 234 valence electrons. The standard InChI is InChI=1S/C26H36N8O9/c27-15(7-8-20(35)36)22(39)33-19(11-21(37)38)24(41)34-18(10-13-12-31-16-5-2-1-4-14(13)16)23(40)32-17(25(42)43)6-3-9-30-26(28)29/h1-2,4-5,12,15,17-19,31H,3,6-11,27H2,(H,32,40)(H,33,39)(H,34,41)(H,35,36)(H,37,38)(H,42,43)(H4,28,29,30). The number of nitrogens with two attached hydrogens (primary N) is 3. The van der Waals surface area contributed by atoms with Gasteiger partial charge in [-0.3, -0.25) is 29.0 Å². The summed E-state index contributed by atoms with van der Waals surface area (Å²) in [5.74, 6) is -7.09. The summed E-state index contributed by atoms with van der Waals surface area (Å²) in [5, 5.41) is 35.5. The smallest absolute Gasteiger partial charge is 0.326 e. The van der Waals surface area contributed by atoms with Gasteiger partial charge in [0.2, 0.25) is 17.7 Å². The molecule has 0 aliphatic heterocycles. The average Bonchev–Trinajstić information content (AvgIpc) is 3.34. The Labute approximate surface area is 245 Å². The van der Waals surface area contributed by atoms with Crippen molar-refractivity contribution in [2.24, 2.45) is 22.2 Å². The number of guanidine groups is 1. The summed E-state index contributed by atoms with van der Waals surface area (Å²) in [4.78, 5) is 80.0. The Kier molecular flexibility index (Phi) is 12.9. The van der Waals surface area contributed by atoms with Gasteiger partial charge in [-0.15, -0.1) is 0 Å². The number of carbonyl (C=O) groups excluding carboxylic acids is 3. The van der Waals surface area contributed by atoms with Crippen molar-refractivity contribution in [3.8, 4) is 0 Å². The molecule has 0 bridgehead atoms. The Morgan fingerprint density at radius 1 is 0.837 bits per heavy atom. The first kappa shape index (κ1) is 34.0. The number of carboxylic acids is 3. The first-order valence-electron chi connectivity index (χ1n) is 13.2. The van der Waals surface area contributed by atoms with Crippen LogP contribution in [-0.2, 0) is 35.2 Å². The number of carboxylic acid groups (broad SMARTS) is 3. The second-order valence-corrected chi connectivity index (χ2v) is 9.67. The van der Waals surface area contributed by atoms with Crippen LogP contribution in [0.4, 0.5) is 0 Å². The summed E-state index contributed by atoms with van der Waals surface area (Å²) in [6.07, 6.45) is 0.0584. The third-order valence-electron chi connectivity index (χ3n) is 6.31. The quantitative estimate of drug-likeness (QED) is 0.0500. The van der Waals surface area contributed by atoms with Crippen molar-refractivity contribution in [1.82, 2.24) is 20.9 Å². The highest BCUT2D eigenvalue weighted by Gasteiger charge is 2.32. The molecule has 0 saturated heterocycles. The molecule has 4 atom stereocenters. The third kappa shape index (κ3) is 11.3. The average molecular weight is 605 g/mol. The van der Waals surface area contributed by atoms with Gasteiger partial charge in [-0.05, 0) is 30.9 Å². The lowest BCUT2D eigenvalue weighted by Crippen LogP contribution is -2.58. The van der Waals surface area contributed by atoms with E-state index in [9.17, 15) is 39.0 Å². The van der Waals surface area contributed by atoms with E-state index in [2.05, 4.69) is 25.9 Å². The van der Waals surface area contributed by atoms with Crippen LogP contribution in [0.15, 0.2) is 35.5 Å². The zero-order valence-corrected chi connectivity index (χ0v) is 23.1. The fourth-order valence-corrected chi connectivity index (χ4v) is 4.11. The van der Waals surface area contributed by atoms with E-state index in [-0.39, 0.29) is 38.2 Å². The van der Waals surface area contributed by atoms with E-state index in [1.54, 1.807) is 30.5 Å². The molecule has 0 aliphatic rings. The number of nitrogens with zero attached hydrogens (tertiary/aromatic N) is 1. The lowest BCUT2D eigenvalue weighted by atomic mass is 10.0. The second-order valence-electron chi connectivity index (χ2n) is 9.67. The van der Waals surface area contributed by atoms with Gasteiger partial charge in [-0.2, -0.15) is 0 Å². The van der Waals surface area contributed by atoms with E-state index < -0.39 is 72.6 Å². The fraction of sp³-hybridized carbons (Fsp3) is 0.423. The molecular formula is C26H36N8O9. The maximum atomic E-state index is 13.4. The van der Waals surface area contributed by atoms with Crippen molar-refractivity contribution in [1.29, 1.82) is 0 Å². The Balaban J connectivity index is 2.29. The highest BCUT2D eigenvalue weighted by atomic mass is 16.4. The number of carbonyl (C=O) groups is 6. The number of aliphatic imine (C=N–C) groups is 1. The number of aromatic amines is 1. The van der Waals surface area contributed by atoms with Crippen molar-refractivity contribution in [2.75, 3.05) is 6.54 Å². The largest absolute Gasteiger partial charge is 0.481 e. The number of hydrogen-bond donors (Lipinski definition) is 10. The number of rotatable bonds is 18. The molecule has 17 heteroatoms. The van der Waals surface area contributed by atoms with Crippen LogP contribution in [-0.4, -0.2) is 92.6 Å². The Morgan fingerprint density at radius 2 is 1.47 bits per heavy atom. The minimum Gasteiger partial charge on any atom is -0.481 e. The molecule has 13 N–H and O–H groups in total. The van der Waals surface area contributed by atoms with Crippen LogP contribution < -0.4 is 33.2 Å². The molecule has 0 spiro atoms. The number of benzene rings is 1. The molecular weight excluding hydrogens is 568 g/mol. The molecule has 2 rings (SSSR count). The van der Waals surface area contributed by atoms with Crippen LogP contribution in [0.2, 0.25) is 0 Å². The summed E-state index contributed by atoms with van der Waals surface area (Å²) in [5.41, 5.74) is 17.6. The van der Waals surface area contributed by atoms with Crippen LogP contribution >= 0.6 is 0 Å². The van der Waals surface area contributed by atoms with Gasteiger partial charge < -0.3 is 53.5 Å². The van der Waals surface area contributed by atoms with E-state index in [0.717, 1.165) is 10.9 Å². The van der Waals surface area contributed by atoms with E-state index in [1.165, 1.54) is 0 Å². The molecule has 43 heavy (non-hydrogen) atoms. The second kappa shape index (κ2) is 16.3. The summed E-state index contributed by atoms with van der Waals surface area (Å²) in [6, 6.07) is 1.30. The Hall–Kier alpha value is -5.19. The van der Waals surface area contributed by atoms with Gasteiger partial charge in [0.05, 0.1) is 12.5 Å². The molecule has 4 unspecified atom stereocenters. The van der Waals surface area contributed by atoms with Crippen LogP contribution in [0.1, 0.15) is 37.7 Å². The summed E-state index contributed by atoms with van der Waals surface area (Å²) >= 11 is 0. The van der Waals surface area contributed by atoms with Gasteiger partial charge in [0.25, 0.3) is 0 Å². The van der Waals surface area contributed by atoms with Gasteiger partial charge in [0, 0.05) is 36.5 Å². The number of para-hydroxylation sites is 1. The molecule has 1 aromatic heterocycles.